The molecule has 2 unspecified atom stereocenters. The normalized spacial score (nSPS) is 26.2. The van der Waals surface area contributed by atoms with E-state index in [1.807, 2.05) is 4.90 Å². The number of likely N-dealkylation sites (tertiary alicyclic amines) is 1. The van der Waals surface area contributed by atoms with Crippen LogP contribution in [0.2, 0.25) is 0 Å². The largest absolute Gasteiger partial charge is 0.444 e. The van der Waals surface area contributed by atoms with Gasteiger partial charge in [-0.05, 0) is 45.4 Å². The number of alkyl halides is 3. The lowest BCUT2D eigenvalue weighted by Crippen LogP contribution is -2.55. The van der Waals surface area contributed by atoms with E-state index in [0.717, 1.165) is 12.1 Å². The second kappa shape index (κ2) is 6.60. The van der Waals surface area contributed by atoms with Gasteiger partial charge in [-0.3, -0.25) is 14.6 Å². The third-order valence-corrected chi connectivity index (χ3v) is 5.70. The highest BCUT2D eigenvalue weighted by molar-refractivity contribution is 6.00. The Morgan fingerprint density at radius 3 is 2.57 bits per heavy atom. The minimum Gasteiger partial charge on any atom is -0.444 e. The van der Waals surface area contributed by atoms with E-state index in [0.29, 0.717) is 13.0 Å². The lowest BCUT2D eigenvalue weighted by molar-refractivity contribution is -0.137. The summed E-state index contributed by atoms with van der Waals surface area (Å²) in [7, 11) is 0. The molecule has 1 aromatic rings. The Hall–Kier alpha value is -2.80. The van der Waals surface area contributed by atoms with Crippen molar-refractivity contribution in [2.45, 2.75) is 57.1 Å². The molecule has 1 aromatic carbocycles. The minimum absolute atomic E-state index is 0.0538. The van der Waals surface area contributed by atoms with Crippen LogP contribution in [0.3, 0.4) is 0 Å². The first kappa shape index (κ1) is 20.5. The van der Waals surface area contributed by atoms with E-state index in [-0.39, 0.29) is 30.3 Å². The summed E-state index contributed by atoms with van der Waals surface area (Å²) in [5.74, 6) is -0.353. The zero-order valence-corrected chi connectivity index (χ0v) is 16.7. The van der Waals surface area contributed by atoms with Gasteiger partial charge in [-0.1, -0.05) is 0 Å². The highest BCUT2D eigenvalue weighted by Crippen LogP contribution is 2.42. The highest BCUT2D eigenvalue weighted by Gasteiger charge is 2.60. The second-order valence-electron chi connectivity index (χ2n) is 8.80. The van der Waals surface area contributed by atoms with Gasteiger partial charge in [0.2, 0.25) is 5.91 Å². The number of hydrogen-bond donors (Lipinski definition) is 0. The van der Waals surface area contributed by atoms with Crippen molar-refractivity contribution in [1.82, 2.24) is 9.80 Å². The number of carbonyl (C=O) groups excluding carboxylic acids is 2. The van der Waals surface area contributed by atoms with Crippen molar-refractivity contribution in [3.63, 3.8) is 0 Å². The van der Waals surface area contributed by atoms with Crippen molar-refractivity contribution >= 4 is 17.7 Å². The third-order valence-electron chi connectivity index (χ3n) is 5.70. The number of fused-ring (bicyclic) bond motifs is 5. The molecule has 7 nitrogen and oxygen atoms in total. The first-order valence-corrected chi connectivity index (χ1v) is 9.59. The van der Waals surface area contributed by atoms with E-state index in [2.05, 4.69) is 0 Å². The standard InChI is InChI=1S/C20H21F3N4O3/c1-19(2,3)30-18(29)25-9-13-7-15(25)16-17(28)27(10-26(13)16)12-5-4-11(8-24)14(6-12)20(21,22)23/h4-6,13,15-16H,7,9-10H2,1-3H3/t13?,15?,16-/m1/s1. The van der Waals surface area contributed by atoms with Gasteiger partial charge in [0.25, 0.3) is 0 Å². The molecule has 4 rings (SSSR count). The molecule has 3 saturated heterocycles. The van der Waals surface area contributed by atoms with Gasteiger partial charge in [-0.25, -0.2) is 4.79 Å². The van der Waals surface area contributed by atoms with Crippen LogP contribution in [-0.2, 0) is 15.7 Å². The number of anilines is 1. The van der Waals surface area contributed by atoms with Crippen LogP contribution in [0.15, 0.2) is 18.2 Å². The maximum Gasteiger partial charge on any atom is 0.417 e. The Morgan fingerprint density at radius 2 is 1.97 bits per heavy atom. The molecule has 0 saturated carbocycles. The Kier molecular flexibility index (Phi) is 4.51. The zero-order valence-electron chi connectivity index (χ0n) is 16.7. The summed E-state index contributed by atoms with van der Waals surface area (Å²) >= 11 is 0. The van der Waals surface area contributed by atoms with Crippen LogP contribution in [0, 0.1) is 11.3 Å². The van der Waals surface area contributed by atoms with Gasteiger partial charge < -0.3 is 9.64 Å². The molecule has 3 aliphatic rings. The smallest absolute Gasteiger partial charge is 0.417 e. The van der Waals surface area contributed by atoms with Crippen molar-refractivity contribution in [3.8, 4) is 6.07 Å². The monoisotopic (exact) mass is 422 g/mol. The van der Waals surface area contributed by atoms with Gasteiger partial charge in [0.05, 0.1) is 29.9 Å². The molecule has 0 spiro atoms. The summed E-state index contributed by atoms with van der Waals surface area (Å²) in [5, 5.41) is 8.97. The van der Waals surface area contributed by atoms with E-state index < -0.39 is 35.0 Å². The van der Waals surface area contributed by atoms with E-state index in [4.69, 9.17) is 10.00 Å². The Bertz CT molecular complexity index is 950. The summed E-state index contributed by atoms with van der Waals surface area (Å²) in [6.07, 6.45) is -4.56. The SMILES string of the molecule is CC(C)(C)OC(=O)N1CC2CC1[C@@H]1C(=O)N(c3ccc(C#N)c(C(F)(F)F)c3)CN21. The van der Waals surface area contributed by atoms with Crippen LogP contribution in [0.5, 0.6) is 0 Å². The molecule has 2 amide bonds. The predicted octanol–water partition coefficient (Wildman–Crippen LogP) is 2.94. The maximum absolute atomic E-state index is 13.3. The average molecular weight is 422 g/mol. The van der Waals surface area contributed by atoms with Gasteiger partial charge in [0.1, 0.15) is 11.6 Å². The number of benzene rings is 1. The number of ether oxygens (including phenoxy) is 1. The lowest BCUT2D eigenvalue weighted by Gasteiger charge is -2.35. The van der Waals surface area contributed by atoms with Crippen LogP contribution in [0.4, 0.5) is 23.7 Å². The summed E-state index contributed by atoms with van der Waals surface area (Å²) in [4.78, 5) is 30.4. The van der Waals surface area contributed by atoms with Gasteiger partial charge in [0, 0.05) is 18.3 Å². The minimum atomic E-state index is -4.70. The van der Waals surface area contributed by atoms with Gasteiger partial charge in [-0.2, -0.15) is 18.4 Å². The number of rotatable bonds is 1. The van der Waals surface area contributed by atoms with E-state index in [9.17, 15) is 22.8 Å². The van der Waals surface area contributed by atoms with Crippen LogP contribution < -0.4 is 4.90 Å². The topological polar surface area (TPSA) is 76.9 Å². The number of halogens is 3. The number of piperazine rings is 1. The first-order chi connectivity index (χ1) is 13.9. The fourth-order valence-corrected chi connectivity index (χ4v) is 4.50. The average Bonchev–Trinajstić information content (AvgIpc) is 3.30. The van der Waals surface area contributed by atoms with E-state index in [1.54, 1.807) is 31.7 Å². The van der Waals surface area contributed by atoms with E-state index >= 15 is 0 Å². The molecule has 30 heavy (non-hydrogen) atoms. The molecule has 3 fully saturated rings. The molecule has 0 N–H and O–H groups in total. The number of carbonyl (C=O) groups is 2. The molecule has 10 heteroatoms. The van der Waals surface area contributed by atoms with Crippen molar-refractivity contribution in [2.24, 2.45) is 0 Å². The molecule has 0 radical (unpaired) electrons. The number of nitriles is 1. The third kappa shape index (κ3) is 3.27. The van der Waals surface area contributed by atoms with Crippen molar-refractivity contribution < 1.29 is 27.5 Å². The number of hydrogen-bond acceptors (Lipinski definition) is 5. The van der Waals surface area contributed by atoms with Crippen molar-refractivity contribution in [1.29, 1.82) is 5.26 Å². The molecule has 3 heterocycles. The van der Waals surface area contributed by atoms with Crippen LogP contribution in [0.25, 0.3) is 0 Å². The molecular weight excluding hydrogens is 401 g/mol. The highest BCUT2D eigenvalue weighted by atomic mass is 19.4. The molecular formula is C20H21F3N4O3. The Morgan fingerprint density at radius 1 is 1.27 bits per heavy atom. The Balaban J connectivity index is 1.59. The van der Waals surface area contributed by atoms with Crippen molar-refractivity contribution in [3.05, 3.63) is 29.3 Å². The second-order valence-corrected chi connectivity index (χ2v) is 8.80. The zero-order chi connectivity index (χ0) is 22.0. The summed E-state index contributed by atoms with van der Waals surface area (Å²) in [6, 6.07) is 3.77. The lowest BCUT2D eigenvalue weighted by atomic mass is 10.1. The number of nitrogens with zero attached hydrogens (tertiary/aromatic N) is 4. The predicted molar refractivity (Wildman–Crippen MR) is 99.3 cm³/mol. The molecule has 160 valence electrons. The van der Waals surface area contributed by atoms with Crippen LogP contribution in [-0.4, -0.2) is 58.7 Å². The van der Waals surface area contributed by atoms with E-state index in [1.165, 1.54) is 11.0 Å². The quantitative estimate of drug-likeness (QED) is 0.696. The fourth-order valence-electron chi connectivity index (χ4n) is 4.50. The molecule has 3 atom stereocenters. The summed E-state index contributed by atoms with van der Waals surface area (Å²) in [6.45, 7) is 5.85. The van der Waals surface area contributed by atoms with Gasteiger partial charge >= 0.3 is 12.3 Å². The molecule has 0 aromatic heterocycles. The van der Waals surface area contributed by atoms with Crippen molar-refractivity contribution in [2.75, 3.05) is 18.1 Å². The van der Waals surface area contributed by atoms with Crippen LogP contribution >= 0.6 is 0 Å². The summed E-state index contributed by atoms with van der Waals surface area (Å²) < 4.78 is 45.4. The maximum atomic E-state index is 13.3. The molecule has 0 aliphatic carbocycles. The Labute approximate surface area is 171 Å². The fraction of sp³-hybridized carbons (Fsp3) is 0.550. The van der Waals surface area contributed by atoms with Crippen LogP contribution in [0.1, 0.15) is 38.3 Å². The summed E-state index contributed by atoms with van der Waals surface area (Å²) in [5.41, 5.74) is -2.14. The molecule has 2 bridgehead atoms. The van der Waals surface area contributed by atoms with Gasteiger partial charge in [-0.15, -0.1) is 0 Å². The van der Waals surface area contributed by atoms with Gasteiger partial charge in [0.15, 0.2) is 0 Å². The molecule has 3 aliphatic heterocycles. The first-order valence-electron chi connectivity index (χ1n) is 9.59. The number of amides is 2.